The largest absolute Gasteiger partial charge is 0.490 e. The highest BCUT2D eigenvalue weighted by molar-refractivity contribution is 5.74. The van der Waals surface area contributed by atoms with Gasteiger partial charge in [-0.15, -0.1) is 0 Å². The molecular formula is C24H30N8O. The van der Waals surface area contributed by atoms with Crippen molar-refractivity contribution in [2.45, 2.75) is 45.6 Å². The Morgan fingerprint density at radius 2 is 2.03 bits per heavy atom. The zero-order valence-electron chi connectivity index (χ0n) is 19.3. The first-order valence-electron chi connectivity index (χ1n) is 11.3. The Balaban J connectivity index is 1.57. The minimum absolute atomic E-state index is 0.0666. The van der Waals surface area contributed by atoms with Gasteiger partial charge in [0.2, 0.25) is 5.69 Å². The highest BCUT2D eigenvalue weighted by atomic mass is 16.5. The molecule has 0 bridgehead atoms. The topological polar surface area (TPSA) is 104 Å². The molecule has 3 aromatic heterocycles. The molecule has 0 unspecified atom stereocenters. The highest BCUT2D eigenvalue weighted by Gasteiger charge is 2.23. The van der Waals surface area contributed by atoms with Crippen molar-refractivity contribution >= 4 is 23.1 Å². The van der Waals surface area contributed by atoms with Crippen molar-refractivity contribution in [1.29, 1.82) is 0 Å². The molecule has 0 aromatic carbocycles. The molecule has 1 aliphatic heterocycles. The van der Waals surface area contributed by atoms with Crippen molar-refractivity contribution in [2.75, 3.05) is 30.3 Å². The smallest absolute Gasteiger partial charge is 0.231 e. The maximum absolute atomic E-state index is 7.89. The second-order valence-electron chi connectivity index (χ2n) is 8.48. The number of aromatic amines is 1. The predicted octanol–water partition coefficient (Wildman–Crippen LogP) is 4.46. The second kappa shape index (κ2) is 10.3. The number of rotatable bonds is 8. The number of aryl methyl sites for hydroxylation is 2. The Labute approximate surface area is 194 Å². The summed E-state index contributed by atoms with van der Waals surface area (Å²) in [5.74, 6) is 2.95. The number of H-pyrrole nitrogens is 1. The Morgan fingerprint density at radius 3 is 2.70 bits per heavy atom. The van der Waals surface area contributed by atoms with Crippen molar-refractivity contribution in [3.63, 3.8) is 0 Å². The Bertz CT molecular complexity index is 1110. The molecule has 0 saturated carbocycles. The van der Waals surface area contributed by atoms with Gasteiger partial charge >= 0.3 is 0 Å². The quantitative estimate of drug-likeness (QED) is 0.379. The lowest BCUT2D eigenvalue weighted by molar-refractivity contribution is 0.302. The zero-order valence-corrected chi connectivity index (χ0v) is 19.3. The van der Waals surface area contributed by atoms with Crippen LogP contribution in [-0.2, 0) is 0 Å². The summed E-state index contributed by atoms with van der Waals surface area (Å²) in [6.45, 7) is 16.1. The van der Waals surface area contributed by atoms with Gasteiger partial charge in [0.05, 0.1) is 18.8 Å². The number of hydrogen-bond acceptors (Lipinski definition) is 7. The summed E-state index contributed by atoms with van der Waals surface area (Å²) < 4.78 is 5.88. The third kappa shape index (κ3) is 5.79. The summed E-state index contributed by atoms with van der Waals surface area (Å²) in [4.78, 5) is 12.9. The molecule has 9 nitrogen and oxygen atoms in total. The maximum Gasteiger partial charge on any atom is 0.231 e. The van der Waals surface area contributed by atoms with Crippen molar-refractivity contribution in [3.8, 4) is 5.75 Å². The Morgan fingerprint density at radius 1 is 1.21 bits per heavy atom. The lowest BCUT2D eigenvalue weighted by Crippen LogP contribution is -2.27. The summed E-state index contributed by atoms with van der Waals surface area (Å²) in [5, 5.41) is 17.3. The molecule has 4 N–H and O–H groups in total. The van der Waals surface area contributed by atoms with E-state index in [0.717, 1.165) is 42.9 Å². The molecule has 9 heteroatoms. The number of hydrogen-bond donors (Lipinski definition) is 4. The maximum atomic E-state index is 7.89. The number of ether oxygens (including phenoxy) is 1. The van der Waals surface area contributed by atoms with Gasteiger partial charge in [0.1, 0.15) is 24.0 Å². The van der Waals surface area contributed by atoms with Gasteiger partial charge in [-0.2, -0.15) is 5.10 Å². The summed E-state index contributed by atoms with van der Waals surface area (Å²) >= 11 is 0. The van der Waals surface area contributed by atoms with E-state index in [1.807, 2.05) is 45.0 Å². The highest BCUT2D eigenvalue weighted by Crippen LogP contribution is 2.39. The first kappa shape index (κ1) is 22.6. The van der Waals surface area contributed by atoms with Crippen molar-refractivity contribution in [1.82, 2.24) is 25.5 Å². The fraction of sp³-hybridized carbons (Fsp3) is 0.417. The van der Waals surface area contributed by atoms with Crippen LogP contribution in [0, 0.1) is 20.4 Å². The van der Waals surface area contributed by atoms with Crippen LogP contribution in [0.25, 0.3) is 4.85 Å². The molecule has 1 saturated heterocycles. The average Bonchev–Trinajstić information content (AvgIpc) is 3.23. The summed E-state index contributed by atoms with van der Waals surface area (Å²) in [5.41, 5.74) is 3.51. The third-order valence-electron chi connectivity index (χ3n) is 5.64. The molecule has 4 heterocycles. The molecule has 33 heavy (non-hydrogen) atoms. The molecular weight excluding hydrogens is 416 g/mol. The van der Waals surface area contributed by atoms with Gasteiger partial charge in [-0.05, 0) is 76.4 Å². The molecule has 0 aliphatic carbocycles. The van der Waals surface area contributed by atoms with Gasteiger partial charge in [0.25, 0.3) is 0 Å². The predicted molar refractivity (Wildman–Crippen MR) is 130 cm³/mol. The monoisotopic (exact) mass is 446 g/mol. The molecule has 0 radical (unpaired) electrons. The van der Waals surface area contributed by atoms with E-state index in [9.17, 15) is 0 Å². The molecule has 0 spiro atoms. The first-order chi connectivity index (χ1) is 16.0. The van der Waals surface area contributed by atoms with Crippen LogP contribution in [0.3, 0.4) is 0 Å². The van der Waals surface area contributed by atoms with Crippen LogP contribution < -0.4 is 20.7 Å². The Hall–Kier alpha value is -3.64. The standard InChI is InChI=1S/C24H30N8O/c1-15-5-6-19(13-27-15)33-14-17(3)28-24-23(25-4)20(18-7-9-26-10-8-18)12-21(30-24)29-22-11-16(2)31-32-22/h5-6,11-13,17-18,26H,7-10,14H2,1-3H3,(H3,28,29,30,31,32)/t17-/m0/s1. The van der Waals surface area contributed by atoms with Gasteiger partial charge in [-0.3, -0.25) is 10.1 Å². The van der Waals surface area contributed by atoms with E-state index >= 15 is 0 Å². The molecule has 1 fully saturated rings. The first-order valence-corrected chi connectivity index (χ1v) is 11.3. The van der Waals surface area contributed by atoms with E-state index in [1.165, 1.54) is 0 Å². The SMILES string of the molecule is [C-]#[N+]c1c(C2CCNCC2)cc(Nc2cc(C)[nH]n2)nc1N[C@@H](C)COc1ccc(C)nc1. The zero-order chi connectivity index (χ0) is 23.2. The minimum atomic E-state index is -0.0666. The molecule has 172 valence electrons. The van der Waals surface area contributed by atoms with Crippen LogP contribution in [0.4, 0.5) is 23.1 Å². The van der Waals surface area contributed by atoms with Crippen LogP contribution in [0.5, 0.6) is 5.75 Å². The lowest BCUT2D eigenvalue weighted by Gasteiger charge is -2.26. The molecule has 1 aliphatic rings. The van der Waals surface area contributed by atoms with E-state index in [-0.39, 0.29) is 6.04 Å². The second-order valence-corrected chi connectivity index (χ2v) is 8.48. The number of pyridine rings is 2. The van der Waals surface area contributed by atoms with Gasteiger partial charge in [0.15, 0.2) is 5.82 Å². The van der Waals surface area contributed by atoms with Gasteiger partial charge in [-0.25, -0.2) is 9.83 Å². The number of anilines is 3. The average molecular weight is 447 g/mol. The number of nitrogens with zero attached hydrogens (tertiary/aromatic N) is 4. The van der Waals surface area contributed by atoms with Crippen LogP contribution in [-0.4, -0.2) is 45.9 Å². The third-order valence-corrected chi connectivity index (χ3v) is 5.64. The van der Waals surface area contributed by atoms with Crippen LogP contribution >= 0.6 is 0 Å². The van der Waals surface area contributed by atoms with Crippen molar-refractivity contribution in [2.24, 2.45) is 0 Å². The molecule has 3 aromatic rings. The lowest BCUT2D eigenvalue weighted by atomic mass is 9.89. The number of aromatic nitrogens is 4. The van der Waals surface area contributed by atoms with E-state index in [1.54, 1.807) is 6.20 Å². The van der Waals surface area contributed by atoms with E-state index in [4.69, 9.17) is 16.3 Å². The van der Waals surface area contributed by atoms with Crippen molar-refractivity contribution in [3.05, 3.63) is 58.8 Å². The van der Waals surface area contributed by atoms with E-state index in [2.05, 4.69) is 36.0 Å². The minimum Gasteiger partial charge on any atom is -0.490 e. The molecule has 4 rings (SSSR count). The van der Waals surface area contributed by atoms with Crippen LogP contribution in [0.1, 0.15) is 42.6 Å². The molecule has 0 amide bonds. The molecule has 1 atom stereocenters. The van der Waals surface area contributed by atoms with Crippen LogP contribution in [0.2, 0.25) is 0 Å². The summed E-state index contributed by atoms with van der Waals surface area (Å²) in [6, 6.07) is 7.68. The fourth-order valence-corrected chi connectivity index (χ4v) is 3.93. The van der Waals surface area contributed by atoms with Gasteiger partial charge < -0.3 is 20.7 Å². The van der Waals surface area contributed by atoms with E-state index in [0.29, 0.717) is 41.4 Å². The normalized spacial score (nSPS) is 15.0. The van der Waals surface area contributed by atoms with Crippen LogP contribution in [0.15, 0.2) is 30.5 Å². The number of piperidine rings is 1. The van der Waals surface area contributed by atoms with Gasteiger partial charge in [-0.1, -0.05) is 0 Å². The summed E-state index contributed by atoms with van der Waals surface area (Å²) in [7, 11) is 0. The fourth-order valence-electron chi connectivity index (χ4n) is 3.93. The van der Waals surface area contributed by atoms with Gasteiger partial charge in [0, 0.05) is 17.5 Å². The number of nitrogens with one attached hydrogen (secondary N) is 4. The Kier molecular flexibility index (Phi) is 7.05. The van der Waals surface area contributed by atoms with Crippen molar-refractivity contribution < 1.29 is 4.74 Å². The summed E-state index contributed by atoms with van der Waals surface area (Å²) in [6.07, 6.45) is 3.70. The van der Waals surface area contributed by atoms with E-state index < -0.39 is 0 Å².